The molecule has 0 radical (unpaired) electrons. The van der Waals surface area contributed by atoms with Gasteiger partial charge in [-0.15, -0.1) is 11.3 Å². The molecule has 0 bridgehead atoms. The molecule has 0 aliphatic carbocycles. The Hall–Kier alpha value is -2.09. The van der Waals surface area contributed by atoms with Crippen molar-refractivity contribution < 1.29 is 4.74 Å². The third kappa shape index (κ3) is 3.78. The summed E-state index contributed by atoms with van der Waals surface area (Å²) >= 11 is 1.76. The fraction of sp³-hybridized carbons (Fsp3) is 0.389. The standard InChI is InChI=1S/C18H21N5OS/c1-13-19-9-16(25-13)11-23-5-6-24-18(12-23)17-4-3-14(7-20-17)15-8-21-22(2)10-15/h3-4,7-10,18H,5-6,11-12H2,1-2H3/t18-/m0/s1. The Bertz CT molecular complexity index is 841. The van der Waals surface area contributed by atoms with Crippen LogP contribution in [0.5, 0.6) is 0 Å². The van der Waals surface area contributed by atoms with Gasteiger partial charge in [-0.3, -0.25) is 14.6 Å². The minimum absolute atomic E-state index is 0.0192. The van der Waals surface area contributed by atoms with Crippen molar-refractivity contribution in [3.05, 3.63) is 52.5 Å². The van der Waals surface area contributed by atoms with E-state index in [2.05, 4.69) is 32.1 Å². The second kappa shape index (κ2) is 7.03. The van der Waals surface area contributed by atoms with Crippen LogP contribution in [0, 0.1) is 6.92 Å². The first-order valence-electron chi connectivity index (χ1n) is 8.37. The molecule has 0 unspecified atom stereocenters. The molecule has 1 atom stereocenters. The van der Waals surface area contributed by atoms with Gasteiger partial charge in [0.05, 0.1) is 23.5 Å². The average molecular weight is 355 g/mol. The summed E-state index contributed by atoms with van der Waals surface area (Å²) in [5.41, 5.74) is 3.13. The third-order valence-electron chi connectivity index (χ3n) is 4.35. The maximum absolute atomic E-state index is 5.95. The number of ether oxygens (including phenoxy) is 1. The van der Waals surface area contributed by atoms with Gasteiger partial charge >= 0.3 is 0 Å². The molecule has 6 nitrogen and oxygen atoms in total. The Kier molecular flexibility index (Phi) is 4.61. The Morgan fingerprint density at radius 3 is 2.80 bits per heavy atom. The summed E-state index contributed by atoms with van der Waals surface area (Å²) < 4.78 is 7.75. The van der Waals surface area contributed by atoms with Gasteiger partial charge in [0.25, 0.3) is 0 Å². The molecule has 1 aliphatic heterocycles. The summed E-state index contributed by atoms with van der Waals surface area (Å²) in [6.45, 7) is 5.51. The van der Waals surface area contributed by atoms with E-state index in [0.717, 1.165) is 48.1 Å². The lowest BCUT2D eigenvalue weighted by atomic mass is 10.1. The quantitative estimate of drug-likeness (QED) is 0.720. The van der Waals surface area contributed by atoms with E-state index in [9.17, 15) is 0 Å². The highest BCUT2D eigenvalue weighted by atomic mass is 32.1. The summed E-state index contributed by atoms with van der Waals surface area (Å²) in [4.78, 5) is 12.7. The molecule has 1 saturated heterocycles. The predicted octanol–water partition coefficient (Wildman–Crippen LogP) is 2.82. The molecule has 3 aromatic rings. The van der Waals surface area contributed by atoms with Crippen molar-refractivity contribution in [1.29, 1.82) is 0 Å². The normalized spacial score (nSPS) is 18.6. The monoisotopic (exact) mass is 355 g/mol. The van der Waals surface area contributed by atoms with Crippen LogP contribution in [0.15, 0.2) is 36.9 Å². The molecule has 7 heteroatoms. The zero-order valence-corrected chi connectivity index (χ0v) is 15.2. The maximum Gasteiger partial charge on any atom is 0.112 e. The van der Waals surface area contributed by atoms with E-state index in [-0.39, 0.29) is 6.10 Å². The van der Waals surface area contributed by atoms with Crippen molar-refractivity contribution in [2.45, 2.75) is 19.6 Å². The van der Waals surface area contributed by atoms with Gasteiger partial charge < -0.3 is 4.74 Å². The predicted molar refractivity (Wildman–Crippen MR) is 97.3 cm³/mol. The molecule has 0 amide bonds. The molecule has 3 aromatic heterocycles. The summed E-state index contributed by atoms with van der Waals surface area (Å²) in [5, 5.41) is 5.33. The molecule has 0 N–H and O–H groups in total. The van der Waals surface area contributed by atoms with E-state index >= 15 is 0 Å². The van der Waals surface area contributed by atoms with Crippen LogP contribution in [0.4, 0.5) is 0 Å². The third-order valence-corrected chi connectivity index (χ3v) is 5.25. The van der Waals surface area contributed by atoms with Crippen molar-refractivity contribution >= 4 is 11.3 Å². The Morgan fingerprint density at radius 1 is 1.20 bits per heavy atom. The van der Waals surface area contributed by atoms with Crippen LogP contribution in [-0.4, -0.2) is 44.3 Å². The fourth-order valence-electron chi connectivity index (χ4n) is 3.06. The van der Waals surface area contributed by atoms with Gasteiger partial charge in [-0.1, -0.05) is 6.07 Å². The molecule has 0 spiro atoms. The van der Waals surface area contributed by atoms with E-state index in [1.54, 1.807) is 16.0 Å². The SMILES string of the molecule is Cc1ncc(CN2CCO[C@H](c3ccc(-c4cnn(C)c4)cn3)C2)s1. The molecule has 1 aliphatic rings. The highest BCUT2D eigenvalue weighted by molar-refractivity contribution is 7.11. The lowest BCUT2D eigenvalue weighted by Crippen LogP contribution is -2.37. The number of aromatic nitrogens is 4. The summed E-state index contributed by atoms with van der Waals surface area (Å²) in [7, 11) is 1.92. The highest BCUT2D eigenvalue weighted by Crippen LogP contribution is 2.25. The van der Waals surface area contributed by atoms with Gasteiger partial charge in [0.1, 0.15) is 6.10 Å². The second-order valence-corrected chi connectivity index (χ2v) is 7.63. The molecule has 4 heterocycles. The molecule has 0 aromatic carbocycles. The summed E-state index contributed by atoms with van der Waals surface area (Å²) in [5.74, 6) is 0. The number of nitrogens with zero attached hydrogens (tertiary/aromatic N) is 5. The number of hydrogen-bond donors (Lipinski definition) is 0. The van der Waals surface area contributed by atoms with E-state index in [1.807, 2.05) is 38.8 Å². The van der Waals surface area contributed by atoms with Crippen molar-refractivity contribution in [2.24, 2.45) is 7.05 Å². The topological polar surface area (TPSA) is 56.1 Å². The van der Waals surface area contributed by atoms with Gasteiger partial charge in [-0.2, -0.15) is 5.10 Å². The van der Waals surface area contributed by atoms with Crippen LogP contribution in [0.3, 0.4) is 0 Å². The van der Waals surface area contributed by atoms with Crippen LogP contribution in [-0.2, 0) is 18.3 Å². The van der Waals surface area contributed by atoms with Crippen LogP contribution in [0.2, 0.25) is 0 Å². The fourth-order valence-corrected chi connectivity index (χ4v) is 3.90. The van der Waals surface area contributed by atoms with E-state index < -0.39 is 0 Å². The average Bonchev–Trinajstić information content (AvgIpc) is 3.24. The minimum atomic E-state index is 0.0192. The van der Waals surface area contributed by atoms with Crippen LogP contribution in [0.1, 0.15) is 21.7 Å². The number of aryl methyl sites for hydroxylation is 2. The van der Waals surface area contributed by atoms with E-state index in [0.29, 0.717) is 0 Å². The van der Waals surface area contributed by atoms with Crippen molar-refractivity contribution in [3.8, 4) is 11.1 Å². The lowest BCUT2D eigenvalue weighted by Gasteiger charge is -2.32. The Morgan fingerprint density at radius 2 is 2.12 bits per heavy atom. The molecule has 130 valence electrons. The molecular formula is C18H21N5OS. The lowest BCUT2D eigenvalue weighted by molar-refractivity contribution is -0.0346. The molecule has 25 heavy (non-hydrogen) atoms. The van der Waals surface area contributed by atoms with Crippen LogP contribution in [0.25, 0.3) is 11.1 Å². The molecule has 1 fully saturated rings. The van der Waals surface area contributed by atoms with Crippen LogP contribution >= 0.6 is 11.3 Å². The molecular weight excluding hydrogens is 334 g/mol. The first kappa shape index (κ1) is 16.4. The zero-order valence-electron chi connectivity index (χ0n) is 14.4. The van der Waals surface area contributed by atoms with Crippen molar-refractivity contribution in [3.63, 3.8) is 0 Å². The number of pyridine rings is 1. The van der Waals surface area contributed by atoms with Gasteiger partial charge in [-0.05, 0) is 13.0 Å². The largest absolute Gasteiger partial charge is 0.369 e. The van der Waals surface area contributed by atoms with Crippen LogP contribution < -0.4 is 0 Å². The van der Waals surface area contributed by atoms with Gasteiger partial charge in [0.2, 0.25) is 0 Å². The second-order valence-electron chi connectivity index (χ2n) is 6.31. The van der Waals surface area contributed by atoms with Gasteiger partial charge in [-0.25, -0.2) is 4.98 Å². The minimum Gasteiger partial charge on any atom is -0.369 e. The zero-order chi connectivity index (χ0) is 17.2. The smallest absolute Gasteiger partial charge is 0.112 e. The Labute approximate surface area is 151 Å². The Balaban J connectivity index is 1.44. The van der Waals surface area contributed by atoms with Crippen molar-refractivity contribution in [1.82, 2.24) is 24.6 Å². The van der Waals surface area contributed by atoms with E-state index in [1.165, 1.54) is 4.88 Å². The van der Waals surface area contributed by atoms with Gasteiger partial charge in [0, 0.05) is 61.3 Å². The number of morpholine rings is 1. The summed E-state index contributed by atoms with van der Waals surface area (Å²) in [6, 6.07) is 4.15. The number of rotatable bonds is 4. The maximum atomic E-state index is 5.95. The van der Waals surface area contributed by atoms with Crippen molar-refractivity contribution in [2.75, 3.05) is 19.7 Å². The summed E-state index contributed by atoms with van der Waals surface area (Å²) in [6.07, 6.45) is 7.75. The molecule has 4 rings (SSSR count). The van der Waals surface area contributed by atoms with E-state index in [4.69, 9.17) is 4.74 Å². The number of thiazole rings is 1. The number of hydrogen-bond acceptors (Lipinski definition) is 6. The first-order chi connectivity index (χ1) is 12.2. The molecule has 0 saturated carbocycles. The first-order valence-corrected chi connectivity index (χ1v) is 9.19. The van der Waals surface area contributed by atoms with Gasteiger partial charge in [0.15, 0.2) is 0 Å². The highest BCUT2D eigenvalue weighted by Gasteiger charge is 2.23.